The van der Waals surface area contributed by atoms with Crippen LogP contribution in [0.5, 0.6) is 5.75 Å². The van der Waals surface area contributed by atoms with Gasteiger partial charge in [-0.15, -0.1) is 0 Å². The molecule has 1 aromatic heterocycles. The molecule has 0 atom stereocenters. The Morgan fingerprint density at radius 3 is 2.52 bits per heavy atom. The SMILES string of the molecule is COc1ccc(-c2c(NS(=O)(=O)c3ccccc3)nn(CC#N)c2C#N)cc1F. The van der Waals surface area contributed by atoms with E-state index in [1.54, 1.807) is 18.2 Å². The van der Waals surface area contributed by atoms with Crippen LogP contribution in [0.1, 0.15) is 5.69 Å². The number of nitriles is 2. The highest BCUT2D eigenvalue weighted by atomic mass is 32.2. The standard InChI is InChI=1S/C19H14FN5O3S/c1-28-17-8-7-13(11-15(17)20)18-16(12-22)25(10-9-21)23-19(18)24-29(26,27)14-5-3-2-4-6-14/h2-8,11H,10H2,1H3,(H,23,24). The lowest BCUT2D eigenvalue weighted by atomic mass is 10.1. The maximum atomic E-state index is 14.2. The minimum Gasteiger partial charge on any atom is -0.494 e. The summed E-state index contributed by atoms with van der Waals surface area (Å²) >= 11 is 0. The Morgan fingerprint density at radius 1 is 1.21 bits per heavy atom. The highest BCUT2D eigenvalue weighted by molar-refractivity contribution is 7.92. The smallest absolute Gasteiger partial charge is 0.263 e. The van der Waals surface area contributed by atoms with E-state index in [9.17, 15) is 18.1 Å². The molecule has 146 valence electrons. The van der Waals surface area contributed by atoms with E-state index in [0.29, 0.717) is 0 Å². The summed E-state index contributed by atoms with van der Waals surface area (Å²) < 4.78 is 47.9. The van der Waals surface area contributed by atoms with Crippen LogP contribution in [0.2, 0.25) is 0 Å². The van der Waals surface area contributed by atoms with E-state index in [4.69, 9.17) is 10.00 Å². The molecule has 0 aliphatic rings. The maximum absolute atomic E-state index is 14.2. The Morgan fingerprint density at radius 2 is 1.93 bits per heavy atom. The quantitative estimate of drug-likeness (QED) is 0.666. The molecule has 29 heavy (non-hydrogen) atoms. The molecule has 0 saturated carbocycles. The molecule has 0 aliphatic heterocycles. The fourth-order valence-corrected chi connectivity index (χ4v) is 3.74. The van der Waals surface area contributed by atoms with Gasteiger partial charge in [-0.2, -0.15) is 15.6 Å². The number of methoxy groups -OCH3 is 1. The largest absolute Gasteiger partial charge is 0.494 e. The van der Waals surface area contributed by atoms with E-state index in [1.807, 2.05) is 12.1 Å². The van der Waals surface area contributed by atoms with Crippen LogP contribution >= 0.6 is 0 Å². The molecule has 0 fully saturated rings. The number of nitrogens with one attached hydrogen (secondary N) is 1. The Labute approximate surface area is 166 Å². The predicted molar refractivity (Wildman–Crippen MR) is 102 cm³/mol. The van der Waals surface area contributed by atoms with Crippen LogP contribution in [0.3, 0.4) is 0 Å². The minimum absolute atomic E-state index is 0.0110. The van der Waals surface area contributed by atoms with E-state index in [0.717, 1.165) is 10.7 Å². The van der Waals surface area contributed by atoms with Crippen LogP contribution in [0.4, 0.5) is 10.2 Å². The first-order valence-electron chi connectivity index (χ1n) is 8.21. The number of nitrogens with zero attached hydrogens (tertiary/aromatic N) is 4. The van der Waals surface area contributed by atoms with E-state index in [-0.39, 0.29) is 39.8 Å². The summed E-state index contributed by atoms with van der Waals surface area (Å²) in [7, 11) is -2.72. The first kappa shape index (κ1) is 19.9. The molecule has 0 spiro atoms. The van der Waals surface area contributed by atoms with Gasteiger partial charge in [-0.1, -0.05) is 24.3 Å². The van der Waals surface area contributed by atoms with Crippen molar-refractivity contribution in [2.24, 2.45) is 0 Å². The Kier molecular flexibility index (Phi) is 5.48. The Balaban J connectivity index is 2.18. The third kappa shape index (κ3) is 3.88. The summed E-state index contributed by atoms with van der Waals surface area (Å²) in [6, 6.07) is 15.3. The summed E-state index contributed by atoms with van der Waals surface area (Å²) in [5.41, 5.74) is 0.181. The van der Waals surface area contributed by atoms with Gasteiger partial charge in [0.1, 0.15) is 18.3 Å². The van der Waals surface area contributed by atoms with Crippen LogP contribution in [0.15, 0.2) is 53.4 Å². The van der Waals surface area contributed by atoms with Crippen molar-refractivity contribution < 1.29 is 17.5 Å². The summed E-state index contributed by atoms with van der Waals surface area (Å²) in [6.45, 7) is -0.290. The molecule has 0 aliphatic carbocycles. The normalized spacial score (nSPS) is 10.8. The molecule has 0 bridgehead atoms. The molecular formula is C19H14FN5O3S. The molecule has 3 rings (SSSR count). The van der Waals surface area contributed by atoms with Crippen molar-refractivity contribution in [1.29, 1.82) is 10.5 Å². The van der Waals surface area contributed by atoms with Crippen molar-refractivity contribution in [2.75, 3.05) is 11.8 Å². The lowest BCUT2D eigenvalue weighted by Crippen LogP contribution is -2.14. The van der Waals surface area contributed by atoms with Gasteiger partial charge in [-0.25, -0.2) is 17.5 Å². The number of hydrogen-bond acceptors (Lipinski definition) is 6. The van der Waals surface area contributed by atoms with Crippen molar-refractivity contribution in [3.05, 3.63) is 60.0 Å². The van der Waals surface area contributed by atoms with Crippen molar-refractivity contribution in [2.45, 2.75) is 11.4 Å². The maximum Gasteiger partial charge on any atom is 0.263 e. The van der Waals surface area contributed by atoms with Crippen LogP contribution in [0, 0.1) is 28.5 Å². The number of anilines is 1. The molecule has 8 nitrogen and oxygen atoms in total. The summed E-state index contributed by atoms with van der Waals surface area (Å²) in [6.07, 6.45) is 0. The van der Waals surface area contributed by atoms with Gasteiger partial charge >= 0.3 is 0 Å². The molecule has 0 saturated heterocycles. The van der Waals surface area contributed by atoms with Crippen molar-refractivity contribution in [3.8, 4) is 29.0 Å². The zero-order chi connectivity index (χ0) is 21.0. The second-order valence-electron chi connectivity index (χ2n) is 5.77. The number of benzene rings is 2. The number of sulfonamides is 1. The third-order valence-corrected chi connectivity index (χ3v) is 5.36. The van der Waals surface area contributed by atoms with Crippen LogP contribution in [0.25, 0.3) is 11.1 Å². The third-order valence-electron chi connectivity index (χ3n) is 4.00. The van der Waals surface area contributed by atoms with E-state index < -0.39 is 15.8 Å². The number of halogens is 1. The van der Waals surface area contributed by atoms with Gasteiger partial charge < -0.3 is 4.74 Å². The van der Waals surface area contributed by atoms with Crippen LogP contribution < -0.4 is 9.46 Å². The molecule has 1 heterocycles. The van der Waals surface area contributed by atoms with Gasteiger partial charge in [0.25, 0.3) is 10.0 Å². The molecular weight excluding hydrogens is 397 g/mol. The topological polar surface area (TPSA) is 121 Å². The number of rotatable bonds is 6. The first-order chi connectivity index (χ1) is 13.9. The fraction of sp³-hybridized carbons (Fsp3) is 0.105. The number of ether oxygens (including phenoxy) is 1. The van der Waals surface area contributed by atoms with Gasteiger partial charge in [0.15, 0.2) is 17.4 Å². The van der Waals surface area contributed by atoms with Gasteiger partial charge in [0.05, 0.1) is 23.6 Å². The number of aromatic nitrogens is 2. The van der Waals surface area contributed by atoms with Crippen LogP contribution in [-0.2, 0) is 16.6 Å². The van der Waals surface area contributed by atoms with E-state index in [2.05, 4.69) is 9.82 Å². The molecule has 0 amide bonds. The monoisotopic (exact) mass is 411 g/mol. The Bertz CT molecular complexity index is 1240. The highest BCUT2D eigenvalue weighted by Crippen LogP contribution is 2.34. The number of hydrogen-bond donors (Lipinski definition) is 1. The summed E-state index contributed by atoms with van der Waals surface area (Å²) in [5.74, 6) is -0.896. The zero-order valence-electron chi connectivity index (χ0n) is 15.1. The van der Waals surface area contributed by atoms with Gasteiger partial charge in [-0.05, 0) is 29.8 Å². The lowest BCUT2D eigenvalue weighted by molar-refractivity contribution is 0.386. The average molecular weight is 411 g/mol. The van der Waals surface area contributed by atoms with E-state index >= 15 is 0 Å². The van der Waals surface area contributed by atoms with Gasteiger partial charge in [-0.3, -0.25) is 4.72 Å². The van der Waals surface area contributed by atoms with Crippen molar-refractivity contribution in [1.82, 2.24) is 9.78 Å². The molecule has 3 aromatic rings. The second kappa shape index (κ2) is 8.00. The molecule has 0 unspecified atom stereocenters. The van der Waals surface area contributed by atoms with Crippen LogP contribution in [-0.4, -0.2) is 25.3 Å². The minimum atomic E-state index is -4.03. The van der Waals surface area contributed by atoms with Crippen molar-refractivity contribution >= 4 is 15.8 Å². The van der Waals surface area contributed by atoms with E-state index in [1.165, 1.54) is 31.4 Å². The average Bonchev–Trinajstić information content (AvgIpc) is 3.05. The predicted octanol–water partition coefficient (Wildman–Crippen LogP) is 2.89. The molecule has 0 radical (unpaired) electrons. The highest BCUT2D eigenvalue weighted by Gasteiger charge is 2.25. The lowest BCUT2D eigenvalue weighted by Gasteiger charge is -2.09. The first-order valence-corrected chi connectivity index (χ1v) is 9.69. The molecule has 10 heteroatoms. The zero-order valence-corrected chi connectivity index (χ0v) is 15.9. The fourth-order valence-electron chi connectivity index (χ4n) is 2.71. The second-order valence-corrected chi connectivity index (χ2v) is 7.45. The Hall–Kier alpha value is -3.89. The molecule has 1 N–H and O–H groups in total. The van der Waals surface area contributed by atoms with Gasteiger partial charge in [0, 0.05) is 0 Å². The molecule has 2 aromatic carbocycles. The van der Waals surface area contributed by atoms with Gasteiger partial charge in [0.2, 0.25) is 0 Å². The summed E-state index contributed by atoms with van der Waals surface area (Å²) in [4.78, 5) is -0.0137. The summed E-state index contributed by atoms with van der Waals surface area (Å²) in [5, 5.41) is 22.6. The van der Waals surface area contributed by atoms with Crippen molar-refractivity contribution in [3.63, 3.8) is 0 Å².